The van der Waals surface area contributed by atoms with Crippen LogP contribution in [0.1, 0.15) is 33.3 Å². The summed E-state index contributed by atoms with van der Waals surface area (Å²) in [6.45, 7) is 3.58. The molecule has 2 fully saturated rings. The Kier molecular flexibility index (Phi) is 3.83. The lowest BCUT2D eigenvalue weighted by molar-refractivity contribution is -0.134. The SMILES string of the molecule is Cc1snnc1C(=O)N1CC[C@]2(C1)C(=O)N(C)C[C@@H]2c1ccccc1. The summed E-state index contributed by atoms with van der Waals surface area (Å²) in [7, 11) is 1.85. The van der Waals surface area contributed by atoms with Crippen LogP contribution in [0.15, 0.2) is 30.3 Å². The normalized spacial score (nSPS) is 26.0. The van der Waals surface area contributed by atoms with Gasteiger partial charge >= 0.3 is 0 Å². The number of carbonyl (C=O) groups is 2. The second kappa shape index (κ2) is 5.91. The number of nitrogens with zero attached hydrogens (tertiary/aromatic N) is 4. The lowest BCUT2D eigenvalue weighted by Gasteiger charge is -2.28. The highest BCUT2D eigenvalue weighted by Crippen LogP contribution is 2.49. The molecule has 2 saturated heterocycles. The molecule has 1 aromatic heterocycles. The zero-order valence-electron chi connectivity index (χ0n) is 14.3. The summed E-state index contributed by atoms with van der Waals surface area (Å²) in [5.41, 5.74) is 1.06. The van der Waals surface area contributed by atoms with E-state index >= 15 is 0 Å². The van der Waals surface area contributed by atoms with Crippen molar-refractivity contribution in [1.29, 1.82) is 0 Å². The number of likely N-dealkylation sites (N-methyl/N-ethyl adjacent to an activating group) is 1. The fourth-order valence-electron chi connectivity index (χ4n) is 4.22. The summed E-state index contributed by atoms with van der Waals surface area (Å²) in [5.74, 6) is 0.140. The van der Waals surface area contributed by atoms with E-state index in [1.807, 2.05) is 32.2 Å². The van der Waals surface area contributed by atoms with Crippen LogP contribution in [-0.2, 0) is 4.79 Å². The molecule has 130 valence electrons. The molecule has 0 bridgehead atoms. The van der Waals surface area contributed by atoms with Gasteiger partial charge in [-0.2, -0.15) is 0 Å². The minimum atomic E-state index is -0.525. The van der Waals surface area contributed by atoms with Gasteiger partial charge in [-0.25, -0.2) is 0 Å². The molecule has 4 rings (SSSR count). The van der Waals surface area contributed by atoms with E-state index in [-0.39, 0.29) is 17.7 Å². The quantitative estimate of drug-likeness (QED) is 0.825. The number of aryl methyl sites for hydroxylation is 1. The number of likely N-dealkylation sites (tertiary alicyclic amines) is 2. The standard InChI is InChI=1S/C18H20N4O2S/c1-12-15(19-20-25-12)16(23)22-9-8-18(11-22)14(10-21(2)17(18)24)13-6-4-3-5-7-13/h3-7,14H,8-11H2,1-2H3/t14-,18-/m1/s1. The van der Waals surface area contributed by atoms with E-state index in [2.05, 4.69) is 21.7 Å². The van der Waals surface area contributed by atoms with Gasteiger partial charge in [0.2, 0.25) is 5.91 Å². The maximum absolute atomic E-state index is 13.0. The van der Waals surface area contributed by atoms with E-state index in [9.17, 15) is 9.59 Å². The van der Waals surface area contributed by atoms with Gasteiger partial charge in [0.15, 0.2) is 5.69 Å². The van der Waals surface area contributed by atoms with Gasteiger partial charge in [-0.15, -0.1) is 5.10 Å². The topological polar surface area (TPSA) is 66.4 Å². The molecule has 2 aliphatic heterocycles. The van der Waals surface area contributed by atoms with Crippen LogP contribution in [0.4, 0.5) is 0 Å². The first kappa shape index (κ1) is 16.2. The van der Waals surface area contributed by atoms with Crippen molar-refractivity contribution in [3.8, 4) is 0 Å². The molecule has 0 aliphatic carbocycles. The van der Waals surface area contributed by atoms with Gasteiger partial charge in [-0.3, -0.25) is 9.59 Å². The van der Waals surface area contributed by atoms with Crippen molar-refractivity contribution in [3.05, 3.63) is 46.5 Å². The maximum Gasteiger partial charge on any atom is 0.275 e. The van der Waals surface area contributed by atoms with E-state index in [4.69, 9.17) is 0 Å². The van der Waals surface area contributed by atoms with Crippen molar-refractivity contribution in [1.82, 2.24) is 19.4 Å². The third-order valence-electron chi connectivity index (χ3n) is 5.54. The molecule has 3 heterocycles. The Labute approximate surface area is 150 Å². The molecule has 0 radical (unpaired) electrons. The summed E-state index contributed by atoms with van der Waals surface area (Å²) in [6, 6.07) is 10.2. The molecule has 25 heavy (non-hydrogen) atoms. The van der Waals surface area contributed by atoms with Crippen molar-refractivity contribution in [2.24, 2.45) is 5.41 Å². The fourth-order valence-corrected chi connectivity index (χ4v) is 4.67. The highest BCUT2D eigenvalue weighted by molar-refractivity contribution is 7.05. The van der Waals surface area contributed by atoms with Crippen molar-refractivity contribution in [2.75, 3.05) is 26.7 Å². The van der Waals surface area contributed by atoms with E-state index in [1.54, 1.807) is 9.80 Å². The lowest BCUT2D eigenvalue weighted by Crippen LogP contribution is -2.39. The van der Waals surface area contributed by atoms with Crippen LogP contribution < -0.4 is 0 Å². The summed E-state index contributed by atoms with van der Waals surface area (Å²) < 4.78 is 3.86. The Bertz CT molecular complexity index is 821. The number of amides is 2. The smallest absolute Gasteiger partial charge is 0.275 e. The minimum absolute atomic E-state index is 0.110. The number of benzene rings is 1. The zero-order chi connectivity index (χ0) is 17.6. The molecule has 1 spiro atoms. The second-order valence-electron chi connectivity index (χ2n) is 6.96. The number of hydrogen-bond donors (Lipinski definition) is 0. The third kappa shape index (κ3) is 2.45. The van der Waals surface area contributed by atoms with Crippen LogP contribution in [0.3, 0.4) is 0 Å². The molecule has 1 aromatic carbocycles. The molecule has 2 atom stereocenters. The van der Waals surface area contributed by atoms with Crippen LogP contribution in [0, 0.1) is 12.3 Å². The molecule has 0 unspecified atom stereocenters. The van der Waals surface area contributed by atoms with Crippen LogP contribution in [0.2, 0.25) is 0 Å². The average molecular weight is 356 g/mol. The first-order chi connectivity index (χ1) is 12.0. The van der Waals surface area contributed by atoms with Crippen LogP contribution in [0.5, 0.6) is 0 Å². The van der Waals surface area contributed by atoms with E-state index < -0.39 is 5.41 Å². The third-order valence-corrected chi connectivity index (χ3v) is 6.17. The summed E-state index contributed by atoms with van der Waals surface area (Å²) in [6.07, 6.45) is 0.693. The monoisotopic (exact) mass is 356 g/mol. The van der Waals surface area contributed by atoms with Crippen LogP contribution in [-0.4, -0.2) is 57.9 Å². The Morgan fingerprint density at radius 3 is 2.76 bits per heavy atom. The predicted molar refractivity (Wildman–Crippen MR) is 94.4 cm³/mol. The molecular weight excluding hydrogens is 336 g/mol. The second-order valence-corrected chi connectivity index (χ2v) is 7.92. The van der Waals surface area contributed by atoms with E-state index in [0.29, 0.717) is 31.7 Å². The molecule has 2 amide bonds. The first-order valence-corrected chi connectivity index (χ1v) is 9.19. The van der Waals surface area contributed by atoms with Gasteiger partial charge in [0.05, 0.1) is 10.3 Å². The largest absolute Gasteiger partial charge is 0.345 e. The highest BCUT2D eigenvalue weighted by Gasteiger charge is 2.57. The zero-order valence-corrected chi connectivity index (χ0v) is 15.1. The fraction of sp³-hybridized carbons (Fsp3) is 0.444. The molecule has 6 nitrogen and oxygen atoms in total. The number of hydrogen-bond acceptors (Lipinski definition) is 5. The van der Waals surface area contributed by atoms with Crippen LogP contribution in [0.25, 0.3) is 0 Å². The van der Waals surface area contributed by atoms with Gasteiger partial charge < -0.3 is 9.80 Å². The van der Waals surface area contributed by atoms with Gasteiger partial charge in [0.25, 0.3) is 5.91 Å². The van der Waals surface area contributed by atoms with Crippen molar-refractivity contribution in [3.63, 3.8) is 0 Å². The number of aromatic nitrogens is 2. The van der Waals surface area contributed by atoms with Gasteiger partial charge in [0.1, 0.15) is 0 Å². The Hall–Kier alpha value is -2.28. The number of rotatable bonds is 2. The molecule has 0 N–H and O–H groups in total. The molecule has 2 aromatic rings. The molecule has 0 saturated carbocycles. The Morgan fingerprint density at radius 1 is 1.32 bits per heavy atom. The number of carbonyl (C=O) groups excluding carboxylic acids is 2. The van der Waals surface area contributed by atoms with Crippen molar-refractivity contribution in [2.45, 2.75) is 19.3 Å². The van der Waals surface area contributed by atoms with Gasteiger partial charge in [-0.1, -0.05) is 34.8 Å². The first-order valence-electron chi connectivity index (χ1n) is 8.42. The highest BCUT2D eigenvalue weighted by atomic mass is 32.1. The Morgan fingerprint density at radius 2 is 2.08 bits per heavy atom. The molecule has 7 heteroatoms. The van der Waals surface area contributed by atoms with E-state index in [1.165, 1.54) is 17.1 Å². The van der Waals surface area contributed by atoms with Crippen LogP contribution >= 0.6 is 11.5 Å². The lowest BCUT2D eigenvalue weighted by atomic mass is 9.73. The summed E-state index contributed by atoms with van der Waals surface area (Å²) in [5, 5.41) is 3.97. The minimum Gasteiger partial charge on any atom is -0.345 e. The Balaban J connectivity index is 1.65. The predicted octanol–water partition coefficient (Wildman–Crippen LogP) is 1.93. The van der Waals surface area contributed by atoms with Gasteiger partial charge in [0, 0.05) is 32.6 Å². The van der Waals surface area contributed by atoms with E-state index in [0.717, 1.165) is 4.88 Å². The molecule has 2 aliphatic rings. The van der Waals surface area contributed by atoms with Gasteiger partial charge in [-0.05, 0) is 30.4 Å². The average Bonchev–Trinajstić information content (AvgIpc) is 3.31. The maximum atomic E-state index is 13.0. The summed E-state index contributed by atoms with van der Waals surface area (Å²) in [4.78, 5) is 30.2. The van der Waals surface area contributed by atoms with Crippen molar-refractivity contribution < 1.29 is 9.59 Å². The summed E-state index contributed by atoms with van der Waals surface area (Å²) >= 11 is 1.23. The molecular formula is C18H20N4O2S. The van der Waals surface area contributed by atoms with Crippen molar-refractivity contribution >= 4 is 23.3 Å².